The summed E-state index contributed by atoms with van der Waals surface area (Å²) in [6.45, 7) is 3.39. The monoisotopic (exact) mass is 293 g/mol. The van der Waals surface area contributed by atoms with E-state index in [4.69, 9.17) is 0 Å². The molecule has 1 aromatic rings. The van der Waals surface area contributed by atoms with Gasteiger partial charge in [0, 0.05) is 31.7 Å². The normalized spacial score (nSPS) is 20.0. The van der Waals surface area contributed by atoms with Crippen LogP contribution in [-0.2, 0) is 16.6 Å². The fraction of sp³-hybridized carbons (Fsp3) is 0.429. The summed E-state index contributed by atoms with van der Waals surface area (Å²) in [5, 5.41) is 6.34. The molecular weight excluding hydrogens is 274 g/mol. The van der Waals surface area contributed by atoms with E-state index in [-0.39, 0.29) is 0 Å². The fourth-order valence-corrected chi connectivity index (χ4v) is 4.38. The van der Waals surface area contributed by atoms with Gasteiger partial charge in [0.25, 0.3) is 0 Å². The molecule has 0 radical (unpaired) electrons. The van der Waals surface area contributed by atoms with Gasteiger partial charge in [-0.15, -0.1) is 0 Å². The molecule has 20 heavy (non-hydrogen) atoms. The molecule has 3 rings (SSSR count). The van der Waals surface area contributed by atoms with Gasteiger partial charge in [-0.1, -0.05) is 12.1 Å². The predicted octanol–water partition coefficient (Wildman–Crippen LogP) is 0.744. The predicted molar refractivity (Wildman–Crippen MR) is 78.6 cm³/mol. The smallest absolute Gasteiger partial charge is 0.243 e. The molecule has 2 aliphatic heterocycles. The number of nitrogens with zero attached hydrogens (tertiary/aromatic N) is 1. The summed E-state index contributed by atoms with van der Waals surface area (Å²) in [5.41, 5.74) is 1.85. The van der Waals surface area contributed by atoms with Crippen molar-refractivity contribution in [3.8, 4) is 0 Å². The van der Waals surface area contributed by atoms with Crippen molar-refractivity contribution in [2.45, 2.75) is 17.9 Å². The number of hydrogen-bond acceptors (Lipinski definition) is 4. The maximum absolute atomic E-state index is 12.9. The third-order valence-corrected chi connectivity index (χ3v) is 5.69. The lowest BCUT2D eigenvalue weighted by atomic mass is 10.1. The third kappa shape index (κ3) is 2.46. The van der Waals surface area contributed by atoms with Crippen LogP contribution in [0.5, 0.6) is 0 Å². The van der Waals surface area contributed by atoms with E-state index >= 15 is 0 Å². The molecule has 0 aliphatic carbocycles. The molecule has 6 heteroatoms. The second-order valence-electron chi connectivity index (χ2n) is 5.05. The molecule has 1 fully saturated rings. The van der Waals surface area contributed by atoms with Crippen LogP contribution in [0.15, 0.2) is 29.3 Å². The van der Waals surface area contributed by atoms with Crippen LogP contribution in [-0.4, -0.2) is 38.9 Å². The minimum Gasteiger partial charge on any atom is -0.387 e. The first-order valence-electron chi connectivity index (χ1n) is 6.92. The molecule has 1 saturated heterocycles. The maximum atomic E-state index is 12.9. The molecule has 0 amide bonds. The summed E-state index contributed by atoms with van der Waals surface area (Å²) in [4.78, 5) is 0.426. The van der Waals surface area contributed by atoms with Crippen molar-refractivity contribution >= 4 is 16.1 Å². The summed E-state index contributed by atoms with van der Waals surface area (Å²) < 4.78 is 27.3. The van der Waals surface area contributed by atoms with E-state index in [9.17, 15) is 8.42 Å². The number of hydrogen-bond donors (Lipinski definition) is 2. The summed E-state index contributed by atoms with van der Waals surface area (Å²) >= 11 is 0. The van der Waals surface area contributed by atoms with Crippen LogP contribution in [0.25, 0.3) is 6.08 Å². The second kappa shape index (κ2) is 5.55. The van der Waals surface area contributed by atoms with Crippen LogP contribution in [0.2, 0.25) is 0 Å². The van der Waals surface area contributed by atoms with Gasteiger partial charge < -0.3 is 10.6 Å². The standard InChI is InChI=1S/C14H19N3O2S/c18-20(19,17-9-2-6-15-8-10-17)14-4-1-3-12-11-16-7-5-13(12)14/h1,3-5,7,15-16H,2,6,8-11H2. The number of benzene rings is 1. The van der Waals surface area contributed by atoms with Crippen LogP contribution in [0.1, 0.15) is 17.5 Å². The quantitative estimate of drug-likeness (QED) is 0.844. The molecule has 108 valence electrons. The average molecular weight is 293 g/mol. The maximum Gasteiger partial charge on any atom is 0.243 e. The van der Waals surface area contributed by atoms with Gasteiger partial charge in [-0.3, -0.25) is 0 Å². The number of rotatable bonds is 2. The van der Waals surface area contributed by atoms with E-state index in [1.54, 1.807) is 10.4 Å². The molecule has 0 saturated carbocycles. The van der Waals surface area contributed by atoms with Crippen LogP contribution in [0.4, 0.5) is 0 Å². The molecule has 2 aliphatic rings. The molecule has 0 aromatic heterocycles. The van der Waals surface area contributed by atoms with Gasteiger partial charge in [0.15, 0.2) is 0 Å². The molecule has 0 unspecified atom stereocenters. The molecule has 2 heterocycles. The molecular formula is C14H19N3O2S. The Labute approximate surface area is 119 Å². The Morgan fingerprint density at radius 1 is 1.15 bits per heavy atom. The van der Waals surface area contributed by atoms with Crippen molar-refractivity contribution in [1.82, 2.24) is 14.9 Å². The lowest BCUT2D eigenvalue weighted by molar-refractivity contribution is 0.431. The highest BCUT2D eigenvalue weighted by Crippen LogP contribution is 2.26. The van der Waals surface area contributed by atoms with E-state index in [0.29, 0.717) is 31.1 Å². The molecule has 5 nitrogen and oxygen atoms in total. The first-order chi connectivity index (χ1) is 9.69. The van der Waals surface area contributed by atoms with E-state index in [2.05, 4.69) is 10.6 Å². The lowest BCUT2D eigenvalue weighted by Crippen LogP contribution is -2.34. The van der Waals surface area contributed by atoms with Crippen LogP contribution >= 0.6 is 0 Å². The van der Waals surface area contributed by atoms with E-state index in [0.717, 1.165) is 24.1 Å². The molecule has 0 atom stereocenters. The van der Waals surface area contributed by atoms with Crippen molar-refractivity contribution in [3.63, 3.8) is 0 Å². The summed E-state index contributed by atoms with van der Waals surface area (Å²) in [5.74, 6) is 0. The highest BCUT2D eigenvalue weighted by Gasteiger charge is 2.28. The van der Waals surface area contributed by atoms with Crippen LogP contribution in [0, 0.1) is 0 Å². The van der Waals surface area contributed by atoms with E-state index < -0.39 is 10.0 Å². The lowest BCUT2D eigenvalue weighted by Gasteiger charge is -2.23. The van der Waals surface area contributed by atoms with Gasteiger partial charge >= 0.3 is 0 Å². The number of sulfonamides is 1. The zero-order valence-corrected chi connectivity index (χ0v) is 12.1. The fourth-order valence-electron chi connectivity index (χ4n) is 2.67. The number of fused-ring (bicyclic) bond motifs is 1. The Morgan fingerprint density at radius 3 is 2.95 bits per heavy atom. The van der Waals surface area contributed by atoms with Gasteiger partial charge in [-0.05, 0) is 36.9 Å². The van der Waals surface area contributed by atoms with Crippen molar-refractivity contribution in [3.05, 3.63) is 35.5 Å². The second-order valence-corrected chi connectivity index (χ2v) is 6.96. The average Bonchev–Trinajstić information content (AvgIpc) is 2.76. The van der Waals surface area contributed by atoms with Crippen molar-refractivity contribution in [1.29, 1.82) is 0 Å². The summed E-state index contributed by atoms with van der Waals surface area (Å²) in [7, 11) is -3.41. The van der Waals surface area contributed by atoms with Crippen LogP contribution < -0.4 is 10.6 Å². The van der Waals surface area contributed by atoms with Gasteiger partial charge in [0.05, 0.1) is 4.90 Å². The van der Waals surface area contributed by atoms with Crippen molar-refractivity contribution in [2.75, 3.05) is 26.2 Å². The van der Waals surface area contributed by atoms with Crippen molar-refractivity contribution in [2.24, 2.45) is 0 Å². The minimum atomic E-state index is -3.41. The Balaban J connectivity index is 2.01. The molecule has 0 bridgehead atoms. The van der Waals surface area contributed by atoms with Crippen molar-refractivity contribution < 1.29 is 8.42 Å². The Kier molecular flexibility index (Phi) is 3.78. The molecule has 0 spiro atoms. The molecule has 2 N–H and O–H groups in total. The zero-order chi connectivity index (χ0) is 14.0. The Morgan fingerprint density at radius 2 is 2.05 bits per heavy atom. The van der Waals surface area contributed by atoms with Gasteiger partial charge in [0.2, 0.25) is 10.0 Å². The van der Waals surface area contributed by atoms with E-state index in [1.807, 2.05) is 24.4 Å². The highest BCUT2D eigenvalue weighted by molar-refractivity contribution is 7.89. The largest absolute Gasteiger partial charge is 0.387 e. The first-order valence-corrected chi connectivity index (χ1v) is 8.36. The number of nitrogens with one attached hydrogen (secondary N) is 2. The SMILES string of the molecule is O=S(=O)(c1cccc2c1C=CNC2)N1CCCNCC1. The van der Waals surface area contributed by atoms with Gasteiger partial charge in [-0.2, -0.15) is 4.31 Å². The summed E-state index contributed by atoms with van der Waals surface area (Å²) in [6, 6.07) is 5.50. The van der Waals surface area contributed by atoms with Crippen LogP contribution in [0.3, 0.4) is 0 Å². The Hall–Kier alpha value is -1.37. The summed E-state index contributed by atoms with van der Waals surface area (Å²) in [6.07, 6.45) is 4.51. The van der Waals surface area contributed by atoms with E-state index in [1.165, 1.54) is 0 Å². The minimum absolute atomic E-state index is 0.426. The Bertz CT molecular complexity index is 617. The highest BCUT2D eigenvalue weighted by atomic mass is 32.2. The van der Waals surface area contributed by atoms with Gasteiger partial charge in [0.1, 0.15) is 0 Å². The third-order valence-electron chi connectivity index (χ3n) is 3.73. The first kappa shape index (κ1) is 13.6. The molecule has 1 aromatic carbocycles. The topological polar surface area (TPSA) is 61.4 Å². The zero-order valence-electron chi connectivity index (χ0n) is 11.3. The van der Waals surface area contributed by atoms with Gasteiger partial charge in [-0.25, -0.2) is 8.42 Å².